The lowest BCUT2D eigenvalue weighted by atomic mass is 9.93. The fourth-order valence-electron chi connectivity index (χ4n) is 2.08. The van der Waals surface area contributed by atoms with E-state index >= 15 is 0 Å². The average molecular weight is 327 g/mol. The van der Waals surface area contributed by atoms with Gasteiger partial charge in [0.1, 0.15) is 0 Å². The molecule has 0 unspecified atom stereocenters. The van der Waals surface area contributed by atoms with Gasteiger partial charge < -0.3 is 10.2 Å². The van der Waals surface area contributed by atoms with Crippen molar-refractivity contribution in [3.63, 3.8) is 0 Å². The number of rotatable bonds is 6. The van der Waals surface area contributed by atoms with Gasteiger partial charge in [-0.1, -0.05) is 41.9 Å². The Hall–Kier alpha value is -0.870. The molecule has 0 fully saturated rings. The molecule has 0 aliphatic carbocycles. The van der Waals surface area contributed by atoms with Crippen molar-refractivity contribution in [2.45, 2.75) is 19.2 Å². The van der Waals surface area contributed by atoms with Crippen LogP contribution in [0.25, 0.3) is 0 Å². The Kier molecular flexibility index (Phi) is 6.01. The van der Waals surface area contributed by atoms with Gasteiger partial charge in [-0.15, -0.1) is 0 Å². The summed E-state index contributed by atoms with van der Waals surface area (Å²) < 4.78 is 0. The molecule has 0 heterocycles. The predicted octanol–water partition coefficient (Wildman–Crippen LogP) is 2.90. The molecule has 1 N–H and O–H groups in total. The van der Waals surface area contributed by atoms with E-state index in [1.807, 2.05) is 38.4 Å². The Bertz CT molecular complexity index is 413. The molecule has 1 amide bonds. The zero-order valence-corrected chi connectivity index (χ0v) is 13.8. The molecule has 0 radical (unpaired) electrons. The number of nitrogens with one attached hydrogen (secondary N) is 1. The van der Waals surface area contributed by atoms with Gasteiger partial charge in [-0.05, 0) is 37.2 Å². The van der Waals surface area contributed by atoms with Crippen molar-refractivity contribution in [2.75, 3.05) is 27.2 Å². The smallest absolute Gasteiger partial charge is 0.251 e. The minimum atomic E-state index is -0.00652. The van der Waals surface area contributed by atoms with E-state index in [-0.39, 0.29) is 11.3 Å². The SMILES string of the molecule is CN(C)CC(C)(C)CNC(=O)c1ccc(CBr)cc1. The van der Waals surface area contributed by atoms with Crippen molar-refractivity contribution in [1.82, 2.24) is 10.2 Å². The highest BCUT2D eigenvalue weighted by molar-refractivity contribution is 9.08. The molecular formula is C15H23BrN2O. The highest BCUT2D eigenvalue weighted by Crippen LogP contribution is 2.15. The summed E-state index contributed by atoms with van der Waals surface area (Å²) in [5.41, 5.74) is 1.95. The molecule has 0 aliphatic rings. The van der Waals surface area contributed by atoms with Gasteiger partial charge in [0.05, 0.1) is 0 Å². The van der Waals surface area contributed by atoms with Gasteiger partial charge in [-0.3, -0.25) is 4.79 Å². The zero-order valence-electron chi connectivity index (χ0n) is 12.2. The van der Waals surface area contributed by atoms with Crippen LogP contribution in [-0.2, 0) is 5.33 Å². The summed E-state index contributed by atoms with van der Waals surface area (Å²) >= 11 is 3.39. The second-order valence-corrected chi connectivity index (χ2v) is 6.48. The summed E-state index contributed by atoms with van der Waals surface area (Å²) in [6, 6.07) is 7.67. The molecule has 0 spiro atoms. The van der Waals surface area contributed by atoms with Crippen LogP contribution in [0.4, 0.5) is 0 Å². The Morgan fingerprint density at radius 2 is 1.84 bits per heavy atom. The van der Waals surface area contributed by atoms with Crippen LogP contribution in [-0.4, -0.2) is 38.0 Å². The summed E-state index contributed by atoms with van der Waals surface area (Å²) in [5, 5.41) is 3.82. The van der Waals surface area contributed by atoms with Crippen molar-refractivity contribution in [1.29, 1.82) is 0 Å². The molecule has 0 bridgehead atoms. The number of carbonyl (C=O) groups excluding carboxylic acids is 1. The standard InChI is InChI=1S/C15H23BrN2O/c1-15(2,11-18(3)4)10-17-14(19)13-7-5-12(9-16)6-8-13/h5-8H,9-11H2,1-4H3,(H,17,19). The van der Waals surface area contributed by atoms with E-state index in [0.29, 0.717) is 12.1 Å². The normalized spacial score (nSPS) is 11.7. The lowest BCUT2D eigenvalue weighted by Crippen LogP contribution is -2.39. The first-order valence-electron chi connectivity index (χ1n) is 6.42. The third-order valence-electron chi connectivity index (χ3n) is 2.84. The maximum atomic E-state index is 12.0. The van der Waals surface area contributed by atoms with Crippen molar-refractivity contribution < 1.29 is 4.79 Å². The first kappa shape index (κ1) is 16.2. The van der Waals surface area contributed by atoms with Gasteiger partial charge in [0.2, 0.25) is 0 Å². The quantitative estimate of drug-likeness (QED) is 0.815. The second-order valence-electron chi connectivity index (χ2n) is 5.92. The summed E-state index contributed by atoms with van der Waals surface area (Å²) in [7, 11) is 4.09. The Morgan fingerprint density at radius 3 is 2.32 bits per heavy atom. The zero-order chi connectivity index (χ0) is 14.5. The van der Waals surface area contributed by atoms with Crippen LogP contribution in [0.5, 0.6) is 0 Å². The Labute approximate surface area is 124 Å². The molecule has 0 saturated carbocycles. The summed E-state index contributed by atoms with van der Waals surface area (Å²) in [6.07, 6.45) is 0. The predicted molar refractivity (Wildman–Crippen MR) is 83.7 cm³/mol. The molecule has 0 aromatic heterocycles. The van der Waals surface area contributed by atoms with Crippen molar-refractivity contribution in [2.24, 2.45) is 5.41 Å². The molecule has 19 heavy (non-hydrogen) atoms. The van der Waals surface area contributed by atoms with E-state index in [2.05, 4.69) is 40.0 Å². The van der Waals surface area contributed by atoms with Crippen LogP contribution in [0.2, 0.25) is 0 Å². The number of nitrogens with zero attached hydrogens (tertiary/aromatic N) is 1. The van der Waals surface area contributed by atoms with E-state index in [4.69, 9.17) is 0 Å². The van der Waals surface area contributed by atoms with Gasteiger partial charge in [0.25, 0.3) is 5.91 Å². The minimum absolute atomic E-state index is 0.00652. The largest absolute Gasteiger partial charge is 0.351 e. The molecular weight excluding hydrogens is 304 g/mol. The fraction of sp³-hybridized carbons (Fsp3) is 0.533. The molecule has 1 aromatic rings. The monoisotopic (exact) mass is 326 g/mol. The third-order valence-corrected chi connectivity index (χ3v) is 3.49. The van der Waals surface area contributed by atoms with Gasteiger partial charge in [-0.25, -0.2) is 0 Å². The molecule has 0 atom stereocenters. The summed E-state index contributed by atoms with van der Waals surface area (Å²) in [6.45, 7) is 5.92. The number of carbonyl (C=O) groups is 1. The molecule has 1 aromatic carbocycles. The van der Waals surface area contributed by atoms with E-state index in [0.717, 1.165) is 11.9 Å². The van der Waals surface area contributed by atoms with Gasteiger partial charge in [0, 0.05) is 24.0 Å². The minimum Gasteiger partial charge on any atom is -0.351 e. The average Bonchev–Trinajstić information content (AvgIpc) is 2.34. The molecule has 3 nitrogen and oxygen atoms in total. The lowest BCUT2D eigenvalue weighted by Gasteiger charge is -2.28. The van der Waals surface area contributed by atoms with Crippen LogP contribution >= 0.6 is 15.9 Å². The van der Waals surface area contributed by atoms with Crippen LogP contribution in [0.3, 0.4) is 0 Å². The van der Waals surface area contributed by atoms with E-state index < -0.39 is 0 Å². The molecule has 1 rings (SSSR count). The van der Waals surface area contributed by atoms with Crippen molar-refractivity contribution in [3.8, 4) is 0 Å². The van der Waals surface area contributed by atoms with E-state index in [1.165, 1.54) is 5.56 Å². The highest BCUT2D eigenvalue weighted by atomic mass is 79.9. The fourth-order valence-corrected chi connectivity index (χ4v) is 2.45. The molecule has 0 aliphatic heterocycles. The number of alkyl halides is 1. The van der Waals surface area contributed by atoms with Crippen LogP contribution in [0.1, 0.15) is 29.8 Å². The Balaban J connectivity index is 2.55. The number of hydrogen-bond acceptors (Lipinski definition) is 2. The Morgan fingerprint density at radius 1 is 1.26 bits per heavy atom. The van der Waals surface area contributed by atoms with Gasteiger partial charge >= 0.3 is 0 Å². The molecule has 4 heteroatoms. The summed E-state index contributed by atoms with van der Waals surface area (Å²) in [5.74, 6) is -0.00652. The summed E-state index contributed by atoms with van der Waals surface area (Å²) in [4.78, 5) is 14.2. The number of halogens is 1. The molecule has 0 saturated heterocycles. The number of hydrogen-bond donors (Lipinski definition) is 1. The van der Waals surface area contributed by atoms with Gasteiger partial charge in [0.15, 0.2) is 0 Å². The van der Waals surface area contributed by atoms with Gasteiger partial charge in [-0.2, -0.15) is 0 Å². The van der Waals surface area contributed by atoms with Crippen LogP contribution < -0.4 is 5.32 Å². The topological polar surface area (TPSA) is 32.3 Å². The van der Waals surface area contributed by atoms with Crippen molar-refractivity contribution >= 4 is 21.8 Å². The highest BCUT2D eigenvalue weighted by Gasteiger charge is 2.20. The lowest BCUT2D eigenvalue weighted by molar-refractivity contribution is 0.0929. The first-order valence-corrected chi connectivity index (χ1v) is 7.54. The third kappa shape index (κ3) is 5.74. The van der Waals surface area contributed by atoms with E-state index in [1.54, 1.807) is 0 Å². The van der Waals surface area contributed by atoms with Crippen LogP contribution in [0.15, 0.2) is 24.3 Å². The van der Waals surface area contributed by atoms with Crippen molar-refractivity contribution in [3.05, 3.63) is 35.4 Å². The number of amides is 1. The van der Waals surface area contributed by atoms with E-state index in [9.17, 15) is 4.79 Å². The molecule has 106 valence electrons. The second kappa shape index (κ2) is 7.06. The van der Waals surface area contributed by atoms with Crippen LogP contribution in [0, 0.1) is 5.41 Å². The maximum Gasteiger partial charge on any atom is 0.251 e. The first-order chi connectivity index (χ1) is 8.84. The maximum absolute atomic E-state index is 12.0. The number of benzene rings is 1.